The van der Waals surface area contributed by atoms with E-state index in [4.69, 9.17) is 8.92 Å². The van der Waals surface area contributed by atoms with Gasteiger partial charge >= 0.3 is 10.1 Å². The van der Waals surface area contributed by atoms with E-state index in [1.54, 1.807) is 23.1 Å². The van der Waals surface area contributed by atoms with Gasteiger partial charge in [0.2, 0.25) is 0 Å². The summed E-state index contributed by atoms with van der Waals surface area (Å²) in [5.41, 5.74) is 1.61. The second-order valence-corrected chi connectivity index (χ2v) is 10.1. The summed E-state index contributed by atoms with van der Waals surface area (Å²) in [5.74, 6) is -0.837. The molecule has 1 heterocycles. The summed E-state index contributed by atoms with van der Waals surface area (Å²) in [6.07, 6.45) is 1.60. The van der Waals surface area contributed by atoms with Crippen LogP contribution in [-0.2, 0) is 21.4 Å². The molecule has 3 rings (SSSR count). The lowest BCUT2D eigenvalue weighted by Crippen LogP contribution is -2.37. The molecule has 1 aliphatic heterocycles. The number of benzene rings is 2. The maximum atomic E-state index is 13.8. The first kappa shape index (κ1) is 26.0. The molecule has 0 saturated carbocycles. The van der Waals surface area contributed by atoms with Crippen molar-refractivity contribution < 1.29 is 26.5 Å². The number of ether oxygens (including phenoxy) is 1. The molecule has 0 bridgehead atoms. The number of amides is 1. The Labute approximate surface area is 201 Å². The van der Waals surface area contributed by atoms with Crippen molar-refractivity contribution >= 4 is 21.7 Å². The summed E-state index contributed by atoms with van der Waals surface area (Å²) < 4.78 is 49.6. The van der Waals surface area contributed by atoms with Gasteiger partial charge in [0.05, 0.1) is 11.9 Å². The third-order valence-electron chi connectivity index (χ3n) is 5.92. The average Bonchev–Trinajstić information content (AvgIpc) is 3.33. The number of anilines is 1. The van der Waals surface area contributed by atoms with Gasteiger partial charge in [0.1, 0.15) is 11.6 Å². The first-order chi connectivity index (χ1) is 16.3. The van der Waals surface area contributed by atoms with Crippen LogP contribution in [0.5, 0.6) is 5.75 Å². The van der Waals surface area contributed by atoms with Crippen LogP contribution in [0.25, 0.3) is 0 Å². The summed E-state index contributed by atoms with van der Waals surface area (Å²) in [7, 11) is -3.78. The minimum absolute atomic E-state index is 0.0995. The third kappa shape index (κ3) is 6.70. The van der Waals surface area contributed by atoms with Crippen LogP contribution in [0, 0.1) is 5.82 Å². The van der Waals surface area contributed by atoms with E-state index in [2.05, 4.69) is 4.90 Å². The predicted octanol–water partition coefficient (Wildman–Crippen LogP) is 4.22. The molecule has 2 aromatic rings. The molecule has 1 atom stereocenters. The Hall–Kier alpha value is -2.65. The molecule has 34 heavy (non-hydrogen) atoms. The summed E-state index contributed by atoms with van der Waals surface area (Å²) >= 11 is 0. The fraction of sp³-hybridized carbons (Fsp3) is 0.480. The van der Waals surface area contributed by atoms with Gasteiger partial charge in [-0.3, -0.25) is 4.79 Å². The maximum absolute atomic E-state index is 13.8. The van der Waals surface area contributed by atoms with Crippen LogP contribution in [0.2, 0.25) is 0 Å². The van der Waals surface area contributed by atoms with Gasteiger partial charge in [0.25, 0.3) is 5.91 Å². The van der Waals surface area contributed by atoms with E-state index in [1.807, 2.05) is 19.9 Å². The van der Waals surface area contributed by atoms with Crippen LogP contribution in [0.1, 0.15) is 49.5 Å². The highest BCUT2D eigenvalue weighted by atomic mass is 32.2. The van der Waals surface area contributed by atoms with E-state index in [-0.39, 0.29) is 35.6 Å². The van der Waals surface area contributed by atoms with Gasteiger partial charge in [-0.05, 0) is 57.9 Å². The van der Waals surface area contributed by atoms with Crippen molar-refractivity contribution in [2.75, 3.05) is 36.9 Å². The molecule has 1 fully saturated rings. The highest BCUT2D eigenvalue weighted by molar-refractivity contribution is 7.87. The number of hydrogen-bond acceptors (Lipinski definition) is 6. The lowest BCUT2D eigenvalue weighted by Gasteiger charge is -2.27. The van der Waals surface area contributed by atoms with Crippen molar-refractivity contribution in [3.05, 3.63) is 59.4 Å². The average molecular weight is 493 g/mol. The highest BCUT2D eigenvalue weighted by Gasteiger charge is 2.26. The third-order valence-corrected chi connectivity index (χ3v) is 7.06. The van der Waals surface area contributed by atoms with E-state index >= 15 is 0 Å². The second-order valence-electron chi connectivity index (χ2n) is 8.23. The molecule has 0 spiro atoms. The molecule has 1 aliphatic rings. The van der Waals surface area contributed by atoms with Crippen molar-refractivity contribution in [1.29, 1.82) is 0 Å². The number of rotatable bonds is 11. The zero-order valence-corrected chi connectivity index (χ0v) is 20.8. The lowest BCUT2D eigenvalue weighted by molar-refractivity contribution is 0.0506. The van der Waals surface area contributed by atoms with Crippen LogP contribution < -0.4 is 9.08 Å². The zero-order chi connectivity index (χ0) is 24.7. The molecule has 1 saturated heterocycles. The Morgan fingerprint density at radius 1 is 1.15 bits per heavy atom. The number of carbonyl (C=O) groups excluding carboxylic acids is 1. The Balaban J connectivity index is 1.98. The SMILES string of the molecule is CCN(CC)c1ccc(CN(CC2CCCO2)C(=O)c2cccc(F)c2)c(OS(=O)(=O)CC)c1. The number of hydrogen-bond donors (Lipinski definition) is 0. The highest BCUT2D eigenvalue weighted by Crippen LogP contribution is 2.29. The van der Waals surface area contributed by atoms with Gasteiger partial charge in [0, 0.05) is 55.7 Å². The van der Waals surface area contributed by atoms with Crippen LogP contribution in [0.4, 0.5) is 10.1 Å². The monoisotopic (exact) mass is 492 g/mol. The largest absolute Gasteiger partial charge is 0.382 e. The summed E-state index contributed by atoms with van der Waals surface area (Å²) in [5, 5.41) is 0. The molecule has 0 aliphatic carbocycles. The van der Waals surface area contributed by atoms with E-state index < -0.39 is 15.9 Å². The molecule has 0 radical (unpaired) electrons. The number of nitrogens with zero attached hydrogens (tertiary/aromatic N) is 2. The Morgan fingerprint density at radius 2 is 1.91 bits per heavy atom. The van der Waals surface area contributed by atoms with Gasteiger partial charge in [0.15, 0.2) is 0 Å². The Kier molecular flexibility index (Phi) is 8.90. The molecule has 1 unspecified atom stereocenters. The fourth-order valence-electron chi connectivity index (χ4n) is 4.00. The fourth-order valence-corrected chi connectivity index (χ4v) is 4.54. The van der Waals surface area contributed by atoms with Crippen molar-refractivity contribution in [3.8, 4) is 5.75 Å². The molecular formula is C25H33FN2O5S. The zero-order valence-electron chi connectivity index (χ0n) is 20.0. The second kappa shape index (κ2) is 11.7. The van der Waals surface area contributed by atoms with E-state index in [0.29, 0.717) is 18.7 Å². The molecule has 9 heteroatoms. The molecule has 1 amide bonds. The minimum Gasteiger partial charge on any atom is -0.382 e. The van der Waals surface area contributed by atoms with Crippen LogP contribution in [-0.4, -0.2) is 57.3 Å². The Bertz CT molecular complexity index is 1080. The number of carbonyl (C=O) groups is 1. The molecule has 0 aromatic heterocycles. The standard InChI is InChI=1S/C25H33FN2O5S/c1-4-27(5-2)22-13-12-20(24(16-22)33-34(30,31)6-3)17-28(18-23-11-8-14-32-23)25(29)19-9-7-10-21(26)15-19/h7,9-10,12-13,15-16,23H,4-6,8,11,14,17-18H2,1-3H3. The molecular weight excluding hydrogens is 459 g/mol. The van der Waals surface area contributed by atoms with Gasteiger partial charge in [-0.15, -0.1) is 0 Å². The Morgan fingerprint density at radius 3 is 2.53 bits per heavy atom. The van der Waals surface area contributed by atoms with Crippen molar-refractivity contribution in [1.82, 2.24) is 4.90 Å². The van der Waals surface area contributed by atoms with Crippen LogP contribution in [0.15, 0.2) is 42.5 Å². The van der Waals surface area contributed by atoms with Gasteiger partial charge in [-0.25, -0.2) is 4.39 Å². The smallest absolute Gasteiger partial charge is 0.308 e. The molecule has 186 valence electrons. The van der Waals surface area contributed by atoms with Crippen LogP contribution >= 0.6 is 0 Å². The van der Waals surface area contributed by atoms with E-state index in [0.717, 1.165) is 31.6 Å². The summed E-state index contributed by atoms with van der Waals surface area (Å²) in [6, 6.07) is 10.9. The first-order valence-electron chi connectivity index (χ1n) is 11.7. The maximum Gasteiger partial charge on any atom is 0.308 e. The minimum atomic E-state index is -3.78. The predicted molar refractivity (Wildman–Crippen MR) is 130 cm³/mol. The lowest BCUT2D eigenvalue weighted by atomic mass is 10.1. The van der Waals surface area contributed by atoms with Gasteiger partial charge < -0.3 is 18.7 Å². The normalized spacial score (nSPS) is 15.8. The van der Waals surface area contributed by atoms with Crippen molar-refractivity contribution in [3.63, 3.8) is 0 Å². The van der Waals surface area contributed by atoms with Gasteiger partial charge in [-0.1, -0.05) is 12.1 Å². The molecule has 2 aromatic carbocycles. The van der Waals surface area contributed by atoms with Crippen molar-refractivity contribution in [2.45, 2.75) is 46.3 Å². The van der Waals surface area contributed by atoms with E-state index in [9.17, 15) is 17.6 Å². The quantitative estimate of drug-likeness (QED) is 0.437. The first-order valence-corrected chi connectivity index (χ1v) is 13.3. The summed E-state index contributed by atoms with van der Waals surface area (Å²) in [4.78, 5) is 17.0. The summed E-state index contributed by atoms with van der Waals surface area (Å²) in [6.45, 7) is 8.09. The van der Waals surface area contributed by atoms with Crippen LogP contribution in [0.3, 0.4) is 0 Å². The van der Waals surface area contributed by atoms with Gasteiger partial charge in [-0.2, -0.15) is 8.42 Å². The molecule has 7 nitrogen and oxygen atoms in total. The van der Waals surface area contributed by atoms with E-state index in [1.165, 1.54) is 25.1 Å². The topological polar surface area (TPSA) is 76.2 Å². The van der Waals surface area contributed by atoms with Crippen molar-refractivity contribution in [2.24, 2.45) is 0 Å². The number of halogens is 1. The molecule has 0 N–H and O–H groups in total.